The second-order valence-corrected chi connectivity index (χ2v) is 29.2. The maximum absolute atomic E-state index is 10.4. The number of alkyl halides is 5. The Bertz CT molecular complexity index is 1490. The molecule has 0 fully saturated rings. The molecule has 0 spiro atoms. The smallest absolute Gasteiger partial charge is 0.336 e. The van der Waals surface area contributed by atoms with Crippen LogP contribution in [-0.2, 0) is 18.6 Å². The molecular formula is C50H82I6NO6V-. The first-order valence-corrected chi connectivity index (χ1v) is 26.1. The summed E-state index contributed by atoms with van der Waals surface area (Å²) in [4.78, 5) is 31.3. The molecule has 0 amide bonds. The standard InChI is InChI=1S/C8H7N.2C8H8O2.C7H5IO2.C2H3I3.C2H4I2.5C2H6.C2H5.3CH4.V/c1-7-4-2-3-5-8(7)6-9;2*1-6-4-2-3-5-7(6)8(9)10;8-6-4-2-1-3-5(6)7(9)10;1-2(3,4)5;1-2(3)4;6*1-2;;;;/h2-5H,1H3;2*2-5H,1H3,(H,9,10);1-4H,(H,9,10);1H3;2H,1H3;5*1-2H3;1H2,2H3;3*1H4;/q;;;;;;;;;;;-1;;;;. The Morgan fingerprint density at radius 2 is 0.750 bits per heavy atom. The minimum Gasteiger partial charge on any atom is -0.478 e. The van der Waals surface area contributed by atoms with Gasteiger partial charge in [0.2, 0.25) is 0 Å². The van der Waals surface area contributed by atoms with E-state index in [1.807, 2.05) is 141 Å². The van der Waals surface area contributed by atoms with Gasteiger partial charge in [0.25, 0.3) is 0 Å². The second kappa shape index (κ2) is 69.3. The molecule has 4 rings (SSSR count). The van der Waals surface area contributed by atoms with Gasteiger partial charge in [-0.2, -0.15) is 12.2 Å². The molecule has 14 heteroatoms. The van der Waals surface area contributed by atoms with Crippen molar-refractivity contribution < 1.29 is 48.3 Å². The normalized spacial score (nSPS) is 7.61. The van der Waals surface area contributed by atoms with Crippen molar-refractivity contribution in [2.75, 3.05) is 0 Å². The maximum Gasteiger partial charge on any atom is 0.336 e. The monoisotopic (exact) mass is 1600 g/mol. The van der Waals surface area contributed by atoms with Crippen LogP contribution in [0.25, 0.3) is 0 Å². The molecular weight excluding hydrogens is 1520 g/mol. The average Bonchev–Trinajstić information content (AvgIpc) is 3.23. The average molecular weight is 1610 g/mol. The summed E-state index contributed by atoms with van der Waals surface area (Å²) in [5.74, 6) is -2.60. The van der Waals surface area contributed by atoms with Crippen molar-refractivity contribution in [2.24, 2.45) is 0 Å². The zero-order valence-corrected chi connectivity index (χ0v) is 53.1. The Morgan fingerprint density at radius 1 is 0.547 bits per heavy atom. The summed E-state index contributed by atoms with van der Waals surface area (Å²) in [6.07, 6.45) is 0. The summed E-state index contributed by atoms with van der Waals surface area (Å²) in [6.45, 7) is 34.8. The minimum atomic E-state index is -0.870. The summed E-state index contributed by atoms with van der Waals surface area (Å²) < 4.78 is 1.95. The van der Waals surface area contributed by atoms with Crippen molar-refractivity contribution in [3.63, 3.8) is 0 Å². The molecule has 0 saturated heterocycles. The van der Waals surface area contributed by atoms with Crippen LogP contribution in [0.5, 0.6) is 0 Å². The van der Waals surface area contributed by atoms with Crippen molar-refractivity contribution in [1.82, 2.24) is 0 Å². The summed E-state index contributed by atoms with van der Waals surface area (Å²) in [7, 11) is 0. The van der Waals surface area contributed by atoms with Gasteiger partial charge < -0.3 is 22.2 Å². The van der Waals surface area contributed by atoms with Gasteiger partial charge in [-0.05, 0) is 104 Å². The van der Waals surface area contributed by atoms with Crippen LogP contribution >= 0.6 is 136 Å². The molecule has 4 aromatic carbocycles. The minimum absolute atomic E-state index is 0. The van der Waals surface area contributed by atoms with Crippen LogP contribution in [0.3, 0.4) is 0 Å². The summed E-state index contributed by atoms with van der Waals surface area (Å²) in [6, 6.07) is 30.3. The van der Waals surface area contributed by atoms with Crippen molar-refractivity contribution in [3.05, 3.63) is 146 Å². The first-order valence-electron chi connectivity index (χ1n) is 19.3. The van der Waals surface area contributed by atoms with E-state index in [0.29, 0.717) is 16.1 Å². The first kappa shape index (κ1) is 93.7. The van der Waals surface area contributed by atoms with E-state index in [4.69, 9.17) is 20.6 Å². The second-order valence-electron chi connectivity index (χ2n) is 9.25. The third-order valence-electron chi connectivity index (χ3n) is 5.12. The SMILES string of the molecule is C.C.C.CC.CC.CC.CC.CC.CC(I)(I)I.CC(I)I.Cc1ccccc1C#N.Cc1ccccc1C(=O)O.Cc1ccccc1C(=O)O.O=C(O)c1ccccc1I.[CH2-]C.[V]. The number of nitriles is 1. The van der Waals surface area contributed by atoms with Crippen LogP contribution in [-0.4, -0.2) is 34.6 Å². The van der Waals surface area contributed by atoms with E-state index in [2.05, 4.69) is 140 Å². The van der Waals surface area contributed by atoms with Crippen LogP contribution < -0.4 is 0 Å². The van der Waals surface area contributed by atoms with Gasteiger partial charge in [0.15, 0.2) is 0 Å². The van der Waals surface area contributed by atoms with E-state index in [0.717, 1.165) is 27.8 Å². The van der Waals surface area contributed by atoms with Crippen LogP contribution in [0.1, 0.15) is 166 Å². The van der Waals surface area contributed by atoms with Gasteiger partial charge >= 0.3 is 17.9 Å². The van der Waals surface area contributed by atoms with E-state index in [1.165, 1.54) is 0 Å². The zero-order chi connectivity index (χ0) is 49.4. The number of hydrogen-bond acceptors (Lipinski definition) is 4. The molecule has 64 heavy (non-hydrogen) atoms. The molecule has 0 atom stereocenters. The molecule has 7 nitrogen and oxygen atoms in total. The Hall–Kier alpha value is -0.256. The summed E-state index contributed by atoms with van der Waals surface area (Å²) in [5.41, 5.74) is 4.52. The van der Waals surface area contributed by atoms with Crippen molar-refractivity contribution in [2.45, 2.75) is 134 Å². The molecule has 371 valence electrons. The number of carboxylic acids is 3. The van der Waals surface area contributed by atoms with Gasteiger partial charge in [0, 0.05) is 22.1 Å². The predicted octanol–water partition coefficient (Wildman–Crippen LogP) is 20.3. The molecule has 0 aliphatic rings. The van der Waals surface area contributed by atoms with Crippen molar-refractivity contribution in [1.29, 1.82) is 5.26 Å². The van der Waals surface area contributed by atoms with E-state index < -0.39 is 17.9 Å². The molecule has 4 aromatic rings. The molecule has 0 bridgehead atoms. The van der Waals surface area contributed by atoms with Gasteiger partial charge in [-0.1, -0.05) is 271 Å². The molecule has 0 aliphatic heterocycles. The fourth-order valence-electron chi connectivity index (χ4n) is 2.96. The fourth-order valence-corrected chi connectivity index (χ4v) is 3.58. The number of benzene rings is 4. The molecule has 0 aromatic heterocycles. The van der Waals surface area contributed by atoms with Crippen LogP contribution in [0, 0.1) is 42.6 Å². The fraction of sp³-hybridized carbons (Fsp3) is 0.420. The number of aromatic carboxylic acids is 3. The molecule has 1 radical (unpaired) electrons. The molecule has 0 unspecified atom stereocenters. The number of nitrogens with zero attached hydrogens (tertiary/aromatic N) is 1. The third-order valence-corrected chi connectivity index (χ3v) is 6.06. The summed E-state index contributed by atoms with van der Waals surface area (Å²) in [5, 5.41) is 34.2. The Balaban J connectivity index is -0.0000000486. The van der Waals surface area contributed by atoms with E-state index in [1.54, 1.807) is 75.4 Å². The van der Waals surface area contributed by atoms with Gasteiger partial charge in [-0.3, -0.25) is 0 Å². The van der Waals surface area contributed by atoms with Crippen LogP contribution in [0.4, 0.5) is 0 Å². The topological polar surface area (TPSA) is 136 Å². The number of carboxylic acid groups (broad SMARTS) is 3. The Kier molecular flexibility index (Phi) is 102. The number of carbonyl (C=O) groups is 3. The number of halogens is 6. The largest absolute Gasteiger partial charge is 0.478 e. The van der Waals surface area contributed by atoms with Crippen LogP contribution in [0.2, 0.25) is 0 Å². The van der Waals surface area contributed by atoms with Crippen molar-refractivity contribution in [3.8, 4) is 6.07 Å². The zero-order valence-electron chi connectivity index (χ0n) is 38.8. The quantitative estimate of drug-likeness (QED) is 0.106. The van der Waals surface area contributed by atoms with Gasteiger partial charge in [-0.25, -0.2) is 14.4 Å². The van der Waals surface area contributed by atoms with Gasteiger partial charge in [0.05, 0.1) is 30.3 Å². The van der Waals surface area contributed by atoms with Gasteiger partial charge in [-0.15, -0.1) is 0 Å². The molecule has 3 N–H and O–H groups in total. The predicted molar refractivity (Wildman–Crippen MR) is 334 cm³/mol. The van der Waals surface area contributed by atoms with Crippen LogP contribution in [0.15, 0.2) is 97.1 Å². The molecule has 0 aliphatic carbocycles. The number of hydrogen-bond donors (Lipinski definition) is 3. The maximum atomic E-state index is 10.4. The Labute approximate surface area is 487 Å². The first-order chi connectivity index (χ1) is 28.2. The molecule has 0 heterocycles. The van der Waals surface area contributed by atoms with E-state index in [9.17, 15) is 14.4 Å². The Morgan fingerprint density at radius 3 is 0.906 bits per heavy atom. The van der Waals surface area contributed by atoms with E-state index >= 15 is 0 Å². The number of rotatable bonds is 3. The number of aryl methyl sites for hydroxylation is 3. The third kappa shape index (κ3) is 68.3. The van der Waals surface area contributed by atoms with E-state index in [-0.39, 0.29) is 40.8 Å². The van der Waals surface area contributed by atoms with Gasteiger partial charge in [0.1, 0.15) is -0.565 Å². The summed E-state index contributed by atoms with van der Waals surface area (Å²) >= 11 is 13.7. The van der Waals surface area contributed by atoms with Crippen molar-refractivity contribution >= 4 is 153 Å². The molecule has 0 saturated carbocycles.